The molecule has 0 aromatic heterocycles. The molecular formula is C52H78N2O8. The lowest BCUT2D eigenvalue weighted by atomic mass is 9.45. The highest BCUT2D eigenvalue weighted by atomic mass is 16.6. The number of aliphatic hydroxyl groups excluding tert-OH is 4. The Bertz CT molecular complexity index is 1830. The van der Waals surface area contributed by atoms with E-state index in [1.165, 1.54) is 11.1 Å². The number of allylic oxidation sites excluding steroid dienone is 9. The molecule has 10 nitrogen and oxygen atoms in total. The molecule has 5 rings (SSSR count). The number of carbonyl (C=O) groups is 1. The summed E-state index contributed by atoms with van der Waals surface area (Å²) in [5.41, 5.74) is 3.94. The van der Waals surface area contributed by atoms with Gasteiger partial charge in [-0.1, -0.05) is 92.3 Å². The van der Waals surface area contributed by atoms with Gasteiger partial charge >= 0.3 is 0 Å². The van der Waals surface area contributed by atoms with E-state index in [1.54, 1.807) is 7.11 Å². The number of carbonyl (C=O) groups excluding carboxylic acids is 1. The molecule has 2 saturated carbocycles. The van der Waals surface area contributed by atoms with Crippen LogP contribution < -0.4 is 10.6 Å². The molecular weight excluding hydrogens is 781 g/mol. The first-order chi connectivity index (χ1) is 29.5. The van der Waals surface area contributed by atoms with Crippen molar-refractivity contribution in [3.8, 4) is 0 Å². The van der Waals surface area contributed by atoms with E-state index in [0.717, 1.165) is 47.8 Å². The average Bonchev–Trinajstić information content (AvgIpc) is 3.58. The van der Waals surface area contributed by atoms with Crippen molar-refractivity contribution >= 4 is 6.29 Å². The van der Waals surface area contributed by atoms with Crippen molar-refractivity contribution in [3.63, 3.8) is 0 Å². The molecule has 0 saturated heterocycles. The van der Waals surface area contributed by atoms with Gasteiger partial charge in [-0.15, -0.1) is 0 Å². The third-order valence-corrected chi connectivity index (χ3v) is 14.7. The number of rotatable bonds is 18. The molecule has 344 valence electrons. The second-order valence-electron chi connectivity index (χ2n) is 19.6. The molecule has 0 amide bonds. The Kier molecular flexibility index (Phi) is 17.9. The molecule has 10 heteroatoms. The molecule has 0 radical (unpaired) electrons. The van der Waals surface area contributed by atoms with Gasteiger partial charge in [0, 0.05) is 49.5 Å². The lowest BCUT2D eigenvalue weighted by molar-refractivity contribution is -0.194. The third kappa shape index (κ3) is 11.4. The van der Waals surface area contributed by atoms with Crippen molar-refractivity contribution in [2.75, 3.05) is 40.5 Å². The van der Waals surface area contributed by atoms with Gasteiger partial charge in [0.05, 0.1) is 18.3 Å². The summed E-state index contributed by atoms with van der Waals surface area (Å²) in [5, 5.41) is 65.2. The van der Waals surface area contributed by atoms with Crippen LogP contribution in [-0.4, -0.2) is 102 Å². The highest BCUT2D eigenvalue weighted by Crippen LogP contribution is 2.67. The Morgan fingerprint density at radius 3 is 2.61 bits per heavy atom. The van der Waals surface area contributed by atoms with E-state index in [-0.39, 0.29) is 48.3 Å². The van der Waals surface area contributed by atoms with Gasteiger partial charge in [-0.2, -0.15) is 0 Å². The fraction of sp³-hybridized carbons (Fsp3) is 0.635. The Labute approximate surface area is 372 Å². The monoisotopic (exact) mass is 859 g/mol. The average molecular weight is 859 g/mol. The van der Waals surface area contributed by atoms with E-state index in [9.17, 15) is 30.3 Å². The molecule has 11 atom stereocenters. The quantitative estimate of drug-likeness (QED) is 0.0279. The normalized spacial score (nSPS) is 34.2. The van der Waals surface area contributed by atoms with E-state index >= 15 is 0 Å². The fourth-order valence-corrected chi connectivity index (χ4v) is 11.4. The third-order valence-electron chi connectivity index (χ3n) is 14.7. The molecule has 1 aromatic carbocycles. The van der Waals surface area contributed by atoms with Crippen LogP contribution in [-0.2, 0) is 27.1 Å². The van der Waals surface area contributed by atoms with Gasteiger partial charge < -0.3 is 40.3 Å². The maximum absolute atomic E-state index is 13.0. The number of aliphatic hydroxyl groups is 5. The van der Waals surface area contributed by atoms with Crippen LogP contribution in [0.5, 0.6) is 0 Å². The van der Waals surface area contributed by atoms with Crippen molar-refractivity contribution in [1.29, 1.82) is 0 Å². The maximum Gasteiger partial charge on any atom is 0.155 e. The van der Waals surface area contributed by atoms with E-state index < -0.39 is 35.6 Å². The molecule has 11 unspecified atom stereocenters. The molecule has 62 heavy (non-hydrogen) atoms. The van der Waals surface area contributed by atoms with E-state index in [4.69, 9.17) is 9.47 Å². The number of aldehydes is 1. The molecule has 4 aliphatic rings. The van der Waals surface area contributed by atoms with Gasteiger partial charge in [-0.3, -0.25) is 10.1 Å². The Morgan fingerprint density at radius 1 is 1.16 bits per heavy atom. The molecule has 1 aromatic rings. The topological polar surface area (TPSA) is 161 Å². The highest BCUT2D eigenvalue weighted by Gasteiger charge is 2.68. The minimum atomic E-state index is -1.26. The minimum absolute atomic E-state index is 0.0377. The Hall–Kier alpha value is -3.03. The van der Waals surface area contributed by atoms with Crippen LogP contribution in [0.1, 0.15) is 97.1 Å². The molecule has 4 bridgehead atoms. The van der Waals surface area contributed by atoms with Crippen molar-refractivity contribution in [3.05, 3.63) is 106 Å². The number of benzene rings is 1. The van der Waals surface area contributed by atoms with Crippen LogP contribution in [0.3, 0.4) is 0 Å². The zero-order valence-electron chi connectivity index (χ0n) is 38.6. The highest BCUT2D eigenvalue weighted by molar-refractivity contribution is 5.74. The molecule has 1 aliphatic heterocycles. The van der Waals surface area contributed by atoms with Crippen LogP contribution >= 0.6 is 0 Å². The Balaban J connectivity index is 1.51. The fourth-order valence-electron chi connectivity index (χ4n) is 11.4. The summed E-state index contributed by atoms with van der Waals surface area (Å²) in [5.74, 6) is -0.816. The van der Waals surface area contributed by atoms with Gasteiger partial charge in [0.1, 0.15) is 12.5 Å². The van der Waals surface area contributed by atoms with Crippen LogP contribution in [0.2, 0.25) is 0 Å². The first kappa shape index (κ1) is 50.0. The molecule has 1 spiro atoms. The van der Waals surface area contributed by atoms with Gasteiger partial charge in [0.25, 0.3) is 0 Å². The standard InChI is InChI=1S/C52H78N2O8/c1-34(2)27-45(57)62-33-43(14-9-11-35(3)41-16-15-36(4)49(59)54-50(6,23-26-61-8)30-39-13-10-12-38(28-39)29-41)44-19-21-52(48(44)58)47-40(20-25-55)17-18-42(46(47)37(5)32-56)31-51(52,60)22-24-53-7/h9-15,17-18,28,32,34,40-42,44-45,47-49,53-55,57-60H,3,16,19-27,29-31,33H2,1-2,4-8H3. The van der Waals surface area contributed by atoms with Crippen molar-refractivity contribution in [2.45, 2.75) is 129 Å². The predicted molar refractivity (Wildman–Crippen MR) is 247 cm³/mol. The Morgan fingerprint density at radius 2 is 1.92 bits per heavy atom. The van der Waals surface area contributed by atoms with Crippen molar-refractivity contribution < 1.29 is 39.8 Å². The zero-order chi connectivity index (χ0) is 45.2. The lowest BCUT2D eigenvalue weighted by Gasteiger charge is -2.61. The van der Waals surface area contributed by atoms with Gasteiger partial charge in [-0.05, 0) is 144 Å². The largest absolute Gasteiger partial charge is 0.396 e. The summed E-state index contributed by atoms with van der Waals surface area (Å²) < 4.78 is 11.6. The van der Waals surface area contributed by atoms with Gasteiger partial charge in [0.2, 0.25) is 0 Å². The van der Waals surface area contributed by atoms with E-state index in [0.29, 0.717) is 63.7 Å². The lowest BCUT2D eigenvalue weighted by Crippen LogP contribution is -2.65. The minimum Gasteiger partial charge on any atom is -0.396 e. The molecule has 1 heterocycles. The molecule has 7 N–H and O–H groups in total. The second-order valence-corrected chi connectivity index (χ2v) is 19.6. The predicted octanol–water partition coefficient (Wildman–Crippen LogP) is 6.68. The van der Waals surface area contributed by atoms with Crippen molar-refractivity contribution in [1.82, 2.24) is 10.6 Å². The van der Waals surface area contributed by atoms with E-state index in [1.807, 2.05) is 53.0 Å². The smallest absolute Gasteiger partial charge is 0.155 e. The molecule has 3 aliphatic carbocycles. The summed E-state index contributed by atoms with van der Waals surface area (Å²) in [6.45, 7) is 15.7. The number of ether oxygens (including phenoxy) is 2. The summed E-state index contributed by atoms with van der Waals surface area (Å²) >= 11 is 0. The van der Waals surface area contributed by atoms with Crippen LogP contribution in [0.25, 0.3) is 0 Å². The SMILES string of the molecule is C=C(C=CC=C(COC(O)CC(C)C)C1CCC2(C1O)C1C(=C(C)C=O)C(C=CC1CCO)CC2(O)CCNC)C1CC=C(C)C(O)NC(C)(CCOC)Cc2cccc(c2)C1. The summed E-state index contributed by atoms with van der Waals surface area (Å²) in [6, 6.07) is 8.66. The van der Waals surface area contributed by atoms with Crippen molar-refractivity contribution in [2.24, 2.45) is 40.9 Å². The number of methoxy groups -OCH3 is 1. The van der Waals surface area contributed by atoms with Crippen LogP contribution in [0.4, 0.5) is 0 Å². The van der Waals surface area contributed by atoms with Crippen LogP contribution in [0, 0.1) is 40.9 Å². The zero-order valence-corrected chi connectivity index (χ0v) is 38.6. The van der Waals surface area contributed by atoms with Gasteiger partial charge in [-0.25, -0.2) is 0 Å². The van der Waals surface area contributed by atoms with Crippen LogP contribution in [0.15, 0.2) is 95.2 Å². The molecule has 2 fully saturated rings. The first-order valence-electron chi connectivity index (χ1n) is 23.1. The number of nitrogens with one attached hydrogen (secondary N) is 2. The first-order valence-corrected chi connectivity index (χ1v) is 23.1. The second kappa shape index (κ2) is 22.2. The summed E-state index contributed by atoms with van der Waals surface area (Å²) in [7, 11) is 3.56. The van der Waals surface area contributed by atoms with Gasteiger partial charge in [0.15, 0.2) is 6.29 Å². The number of fused-ring (bicyclic) bond motifs is 5. The summed E-state index contributed by atoms with van der Waals surface area (Å²) in [6.07, 6.45) is 16.1. The van der Waals surface area contributed by atoms with E-state index in [2.05, 4.69) is 66.6 Å². The number of hydrogen-bond acceptors (Lipinski definition) is 10. The maximum atomic E-state index is 13.0. The number of hydrogen-bond donors (Lipinski definition) is 7. The summed E-state index contributed by atoms with van der Waals surface area (Å²) in [4.78, 5) is 12.5.